The van der Waals surface area contributed by atoms with Crippen molar-refractivity contribution in [1.82, 2.24) is 0 Å². The van der Waals surface area contributed by atoms with E-state index in [0.29, 0.717) is 12.2 Å². The zero-order chi connectivity index (χ0) is 13.0. The Labute approximate surface area is 101 Å². The van der Waals surface area contributed by atoms with Crippen LogP contribution in [0.3, 0.4) is 0 Å². The summed E-state index contributed by atoms with van der Waals surface area (Å²) in [6, 6.07) is 3.87. The van der Waals surface area contributed by atoms with E-state index in [1.165, 1.54) is 0 Å². The number of phenols is 1. The van der Waals surface area contributed by atoms with E-state index in [1.54, 1.807) is 0 Å². The Morgan fingerprint density at radius 1 is 1.29 bits per heavy atom. The molecule has 2 N–H and O–H groups in total. The zero-order valence-corrected chi connectivity index (χ0v) is 10.3. The van der Waals surface area contributed by atoms with Gasteiger partial charge in [0.1, 0.15) is 5.75 Å². The normalized spacial score (nSPS) is 10.2. The van der Waals surface area contributed by atoms with Crippen LogP contribution in [0.1, 0.15) is 29.5 Å². The zero-order valence-electron chi connectivity index (χ0n) is 10.3. The van der Waals surface area contributed by atoms with Crippen LogP contribution in [-0.4, -0.2) is 16.2 Å². The third-order valence-corrected chi connectivity index (χ3v) is 2.80. The lowest BCUT2D eigenvalue weighted by Gasteiger charge is -2.08. The molecular weight excluding hydrogens is 216 g/mol. The number of phenolic OH excluding ortho intramolecular Hbond substituents is 1. The number of rotatable bonds is 5. The second-order valence-electron chi connectivity index (χ2n) is 4.34. The Hall–Kier alpha value is -1.77. The number of benzene rings is 1. The van der Waals surface area contributed by atoms with E-state index in [1.807, 2.05) is 26.0 Å². The smallest absolute Gasteiger partial charge is 0.330 e. The molecule has 0 unspecified atom stereocenters. The average Bonchev–Trinajstić information content (AvgIpc) is 2.25. The lowest BCUT2D eigenvalue weighted by atomic mass is 10.0. The molecule has 0 fully saturated rings. The van der Waals surface area contributed by atoms with Crippen molar-refractivity contribution < 1.29 is 15.0 Å². The number of hydrogen-bond acceptors (Lipinski definition) is 2. The highest BCUT2D eigenvalue weighted by Crippen LogP contribution is 2.23. The van der Waals surface area contributed by atoms with Gasteiger partial charge in [-0.15, -0.1) is 0 Å². The highest BCUT2D eigenvalue weighted by molar-refractivity contribution is 5.85. The fourth-order valence-corrected chi connectivity index (χ4v) is 1.80. The summed E-state index contributed by atoms with van der Waals surface area (Å²) in [4.78, 5) is 10.6. The van der Waals surface area contributed by atoms with E-state index in [4.69, 9.17) is 5.11 Å². The van der Waals surface area contributed by atoms with Crippen LogP contribution in [0.2, 0.25) is 0 Å². The van der Waals surface area contributed by atoms with E-state index in [9.17, 15) is 9.90 Å². The molecule has 0 radical (unpaired) electrons. The maximum Gasteiger partial charge on any atom is 0.330 e. The van der Waals surface area contributed by atoms with Gasteiger partial charge in [-0.1, -0.05) is 18.7 Å². The second-order valence-corrected chi connectivity index (χ2v) is 4.34. The third kappa shape index (κ3) is 3.63. The summed E-state index contributed by atoms with van der Waals surface area (Å²) >= 11 is 0. The monoisotopic (exact) mass is 234 g/mol. The number of aryl methyl sites for hydroxylation is 3. The molecule has 92 valence electrons. The molecule has 0 aliphatic heterocycles. The fourth-order valence-electron chi connectivity index (χ4n) is 1.80. The SMILES string of the molecule is C=C(CCCc1cc(C)c(O)c(C)c1)C(=O)O. The van der Waals surface area contributed by atoms with Crippen LogP contribution in [-0.2, 0) is 11.2 Å². The van der Waals surface area contributed by atoms with Crippen molar-refractivity contribution in [1.29, 1.82) is 0 Å². The summed E-state index contributed by atoms with van der Waals surface area (Å²) in [5.74, 6) is -0.591. The van der Waals surface area contributed by atoms with Crippen molar-refractivity contribution in [2.24, 2.45) is 0 Å². The number of aromatic hydroxyl groups is 1. The van der Waals surface area contributed by atoms with E-state index in [2.05, 4.69) is 6.58 Å². The molecule has 0 aromatic heterocycles. The average molecular weight is 234 g/mol. The minimum absolute atomic E-state index is 0.247. The molecule has 0 aliphatic rings. The van der Waals surface area contributed by atoms with Crippen LogP contribution in [0.25, 0.3) is 0 Å². The van der Waals surface area contributed by atoms with Crippen LogP contribution < -0.4 is 0 Å². The fraction of sp³-hybridized carbons (Fsp3) is 0.357. The number of hydrogen-bond donors (Lipinski definition) is 2. The first-order valence-corrected chi connectivity index (χ1v) is 5.62. The summed E-state index contributed by atoms with van der Waals surface area (Å²) in [7, 11) is 0. The van der Waals surface area contributed by atoms with Crippen LogP contribution in [0.15, 0.2) is 24.3 Å². The molecule has 0 heterocycles. The Morgan fingerprint density at radius 2 is 1.82 bits per heavy atom. The van der Waals surface area contributed by atoms with Crippen molar-refractivity contribution in [3.8, 4) is 5.75 Å². The predicted octanol–water partition coefficient (Wildman–Crippen LogP) is 2.97. The molecule has 0 saturated heterocycles. The Bertz CT molecular complexity index is 424. The maximum atomic E-state index is 10.6. The van der Waals surface area contributed by atoms with E-state index in [0.717, 1.165) is 29.5 Å². The molecule has 1 rings (SSSR count). The molecular formula is C14H18O3. The van der Waals surface area contributed by atoms with Gasteiger partial charge in [-0.3, -0.25) is 0 Å². The lowest BCUT2D eigenvalue weighted by Crippen LogP contribution is -1.99. The second kappa shape index (κ2) is 5.53. The van der Waals surface area contributed by atoms with Crippen LogP contribution in [0.5, 0.6) is 5.75 Å². The molecule has 0 atom stereocenters. The van der Waals surface area contributed by atoms with Gasteiger partial charge in [0.25, 0.3) is 0 Å². The first-order chi connectivity index (χ1) is 7.91. The predicted molar refractivity (Wildman–Crippen MR) is 67.3 cm³/mol. The highest BCUT2D eigenvalue weighted by Gasteiger charge is 2.06. The summed E-state index contributed by atoms with van der Waals surface area (Å²) in [5.41, 5.74) is 3.09. The summed E-state index contributed by atoms with van der Waals surface area (Å²) in [6.07, 6.45) is 2.05. The largest absolute Gasteiger partial charge is 0.507 e. The highest BCUT2D eigenvalue weighted by atomic mass is 16.4. The van der Waals surface area contributed by atoms with Crippen LogP contribution in [0, 0.1) is 13.8 Å². The van der Waals surface area contributed by atoms with Crippen molar-refractivity contribution in [2.45, 2.75) is 33.1 Å². The Kier molecular flexibility index (Phi) is 4.32. The molecule has 17 heavy (non-hydrogen) atoms. The minimum Gasteiger partial charge on any atom is -0.507 e. The summed E-state index contributed by atoms with van der Waals surface area (Å²) < 4.78 is 0. The van der Waals surface area contributed by atoms with Gasteiger partial charge in [0.2, 0.25) is 0 Å². The van der Waals surface area contributed by atoms with Crippen LogP contribution >= 0.6 is 0 Å². The van der Waals surface area contributed by atoms with Crippen molar-refractivity contribution in [2.75, 3.05) is 0 Å². The molecule has 0 saturated carbocycles. The van der Waals surface area contributed by atoms with Gasteiger partial charge in [0, 0.05) is 5.57 Å². The van der Waals surface area contributed by atoms with Crippen molar-refractivity contribution in [3.05, 3.63) is 41.0 Å². The first-order valence-electron chi connectivity index (χ1n) is 5.62. The molecule has 0 bridgehead atoms. The van der Waals surface area contributed by atoms with Crippen molar-refractivity contribution >= 4 is 5.97 Å². The summed E-state index contributed by atoms with van der Waals surface area (Å²) in [6.45, 7) is 7.22. The minimum atomic E-state index is -0.928. The molecule has 1 aromatic carbocycles. The summed E-state index contributed by atoms with van der Waals surface area (Å²) in [5, 5.41) is 18.3. The van der Waals surface area contributed by atoms with Gasteiger partial charge in [-0.25, -0.2) is 4.79 Å². The van der Waals surface area contributed by atoms with Gasteiger partial charge >= 0.3 is 5.97 Å². The molecule has 0 aliphatic carbocycles. The molecule has 1 aromatic rings. The van der Waals surface area contributed by atoms with E-state index in [-0.39, 0.29) is 5.57 Å². The molecule has 0 spiro atoms. The molecule has 3 nitrogen and oxygen atoms in total. The molecule has 0 amide bonds. The number of carbonyl (C=O) groups is 1. The van der Waals surface area contributed by atoms with Crippen molar-refractivity contribution in [3.63, 3.8) is 0 Å². The Morgan fingerprint density at radius 3 is 2.29 bits per heavy atom. The topological polar surface area (TPSA) is 57.5 Å². The van der Waals surface area contributed by atoms with Gasteiger partial charge in [0.05, 0.1) is 0 Å². The lowest BCUT2D eigenvalue weighted by molar-refractivity contribution is -0.132. The Balaban J connectivity index is 2.59. The van der Waals surface area contributed by atoms with E-state index >= 15 is 0 Å². The molecule has 3 heteroatoms. The van der Waals surface area contributed by atoms with Gasteiger partial charge in [-0.05, 0) is 49.8 Å². The number of aliphatic carboxylic acids is 1. The third-order valence-electron chi connectivity index (χ3n) is 2.80. The first kappa shape index (κ1) is 13.3. The number of carboxylic acids is 1. The standard InChI is InChI=1S/C14H18O3/c1-9(14(16)17)5-4-6-12-7-10(2)13(15)11(3)8-12/h7-8,15H,1,4-6H2,2-3H3,(H,16,17). The van der Waals surface area contributed by atoms with Gasteiger partial charge in [-0.2, -0.15) is 0 Å². The van der Waals surface area contributed by atoms with Crippen LogP contribution in [0.4, 0.5) is 0 Å². The quantitative estimate of drug-likeness (QED) is 0.770. The van der Waals surface area contributed by atoms with E-state index < -0.39 is 5.97 Å². The maximum absolute atomic E-state index is 10.6. The number of carboxylic acid groups (broad SMARTS) is 1. The van der Waals surface area contributed by atoms with Gasteiger partial charge in [0.15, 0.2) is 0 Å². The van der Waals surface area contributed by atoms with Gasteiger partial charge < -0.3 is 10.2 Å².